The number of benzene rings is 2. The third-order valence-electron chi connectivity index (χ3n) is 6.53. The smallest absolute Gasteiger partial charge is 0.161 e. The summed E-state index contributed by atoms with van der Waals surface area (Å²) < 4.78 is 12.9. The van der Waals surface area contributed by atoms with Gasteiger partial charge in [0, 0.05) is 55.6 Å². The maximum Gasteiger partial charge on any atom is 0.161 e. The third-order valence-corrected chi connectivity index (χ3v) is 6.53. The SMILES string of the molecule is COc1ccc(-c2nn3c(N4CCN(Cc5ccccc5)CC4)cc(C)nc3c2C)cc1OC. The topological polar surface area (TPSA) is 55.1 Å². The summed E-state index contributed by atoms with van der Waals surface area (Å²) in [5.41, 5.74) is 6.20. The van der Waals surface area contributed by atoms with Crippen LogP contribution in [0, 0.1) is 13.8 Å². The number of hydrogen-bond acceptors (Lipinski definition) is 6. The van der Waals surface area contributed by atoms with Crippen LogP contribution in [0.25, 0.3) is 16.9 Å². The van der Waals surface area contributed by atoms with Gasteiger partial charge in [0.2, 0.25) is 0 Å². The fraction of sp³-hybridized carbons (Fsp3) is 0.333. The van der Waals surface area contributed by atoms with Gasteiger partial charge in [-0.2, -0.15) is 9.61 Å². The number of aryl methyl sites for hydroxylation is 2. The number of hydrogen-bond donors (Lipinski definition) is 0. The van der Waals surface area contributed by atoms with Crippen LogP contribution in [0.15, 0.2) is 54.6 Å². The second-order valence-electron chi connectivity index (χ2n) is 8.78. The summed E-state index contributed by atoms with van der Waals surface area (Å²) in [6, 6.07) is 18.7. The quantitative estimate of drug-likeness (QED) is 0.429. The van der Waals surface area contributed by atoms with E-state index in [0.717, 1.165) is 66.7 Å². The van der Waals surface area contributed by atoms with Crippen molar-refractivity contribution in [2.75, 3.05) is 45.3 Å². The maximum absolute atomic E-state index is 5.51. The lowest BCUT2D eigenvalue weighted by molar-refractivity contribution is 0.249. The Bertz CT molecular complexity index is 1290. The summed E-state index contributed by atoms with van der Waals surface area (Å²) in [5.74, 6) is 2.49. The molecule has 7 heteroatoms. The molecule has 1 fully saturated rings. The van der Waals surface area contributed by atoms with Crippen LogP contribution in [0.1, 0.15) is 16.8 Å². The highest BCUT2D eigenvalue weighted by molar-refractivity contribution is 5.73. The first-order valence-electron chi connectivity index (χ1n) is 11.7. The summed E-state index contributed by atoms with van der Waals surface area (Å²) >= 11 is 0. The first-order chi connectivity index (χ1) is 16.6. The van der Waals surface area contributed by atoms with Gasteiger partial charge in [0.1, 0.15) is 5.82 Å². The molecule has 0 atom stereocenters. The minimum Gasteiger partial charge on any atom is -0.493 e. The van der Waals surface area contributed by atoms with E-state index in [0.29, 0.717) is 11.5 Å². The van der Waals surface area contributed by atoms with Gasteiger partial charge in [-0.1, -0.05) is 30.3 Å². The van der Waals surface area contributed by atoms with Crippen molar-refractivity contribution in [1.29, 1.82) is 0 Å². The molecule has 1 aliphatic heterocycles. The summed E-state index contributed by atoms with van der Waals surface area (Å²) in [6.45, 7) is 9.07. The number of ether oxygens (including phenoxy) is 2. The molecule has 0 amide bonds. The molecule has 0 radical (unpaired) electrons. The van der Waals surface area contributed by atoms with Crippen molar-refractivity contribution in [3.63, 3.8) is 0 Å². The molecule has 3 heterocycles. The van der Waals surface area contributed by atoms with Crippen LogP contribution < -0.4 is 14.4 Å². The van der Waals surface area contributed by atoms with E-state index < -0.39 is 0 Å². The molecule has 1 saturated heterocycles. The Morgan fingerprint density at radius 3 is 2.29 bits per heavy atom. The zero-order valence-corrected chi connectivity index (χ0v) is 20.3. The van der Waals surface area contributed by atoms with E-state index in [9.17, 15) is 0 Å². The van der Waals surface area contributed by atoms with Gasteiger partial charge in [-0.05, 0) is 37.6 Å². The van der Waals surface area contributed by atoms with Crippen molar-refractivity contribution < 1.29 is 9.47 Å². The minimum atomic E-state index is 0.690. The first-order valence-corrected chi connectivity index (χ1v) is 11.7. The highest BCUT2D eigenvalue weighted by Gasteiger charge is 2.23. The molecule has 0 bridgehead atoms. The van der Waals surface area contributed by atoms with E-state index >= 15 is 0 Å². The minimum absolute atomic E-state index is 0.690. The number of aromatic nitrogens is 3. The van der Waals surface area contributed by atoms with Crippen molar-refractivity contribution in [1.82, 2.24) is 19.5 Å². The molecule has 0 N–H and O–H groups in total. The van der Waals surface area contributed by atoms with Crippen molar-refractivity contribution in [3.05, 3.63) is 71.4 Å². The molecule has 1 aliphatic rings. The standard InChI is InChI=1S/C27H31N5O2/c1-19-16-25(31-14-12-30(13-15-31)18-21-8-6-5-7-9-21)32-27(28-19)20(2)26(29-32)22-10-11-23(33-3)24(17-22)34-4/h5-11,16-17H,12-15,18H2,1-4H3. The summed E-state index contributed by atoms with van der Waals surface area (Å²) in [7, 11) is 3.30. The molecule has 7 nitrogen and oxygen atoms in total. The zero-order valence-electron chi connectivity index (χ0n) is 20.3. The van der Waals surface area contributed by atoms with Gasteiger partial charge in [-0.3, -0.25) is 4.90 Å². The van der Waals surface area contributed by atoms with Crippen molar-refractivity contribution in [2.45, 2.75) is 20.4 Å². The van der Waals surface area contributed by atoms with Crippen LogP contribution in [-0.2, 0) is 6.54 Å². The predicted molar refractivity (Wildman–Crippen MR) is 135 cm³/mol. The number of methoxy groups -OCH3 is 2. The maximum atomic E-state index is 5.51. The Labute approximate surface area is 200 Å². The molecule has 2 aromatic heterocycles. The predicted octanol–water partition coefficient (Wildman–Crippen LogP) is 4.35. The number of rotatable bonds is 6. The van der Waals surface area contributed by atoms with Gasteiger partial charge in [0.05, 0.1) is 19.9 Å². The van der Waals surface area contributed by atoms with E-state index in [1.807, 2.05) is 22.7 Å². The molecule has 176 valence electrons. The second-order valence-corrected chi connectivity index (χ2v) is 8.78. The van der Waals surface area contributed by atoms with Gasteiger partial charge in [0.25, 0.3) is 0 Å². The number of piperazine rings is 1. The lowest BCUT2D eigenvalue weighted by Crippen LogP contribution is -2.46. The lowest BCUT2D eigenvalue weighted by Gasteiger charge is -2.36. The van der Waals surface area contributed by atoms with Gasteiger partial charge >= 0.3 is 0 Å². The highest BCUT2D eigenvalue weighted by Crippen LogP contribution is 2.34. The average Bonchev–Trinajstić information content (AvgIpc) is 3.20. The van der Waals surface area contributed by atoms with E-state index in [1.54, 1.807) is 14.2 Å². The summed E-state index contributed by atoms with van der Waals surface area (Å²) in [6.07, 6.45) is 0. The van der Waals surface area contributed by atoms with Crippen molar-refractivity contribution >= 4 is 11.5 Å². The molecule has 5 rings (SSSR count). The lowest BCUT2D eigenvalue weighted by atomic mass is 10.1. The first kappa shape index (κ1) is 22.2. The second kappa shape index (κ2) is 9.35. The molecule has 2 aromatic carbocycles. The molecular formula is C27H31N5O2. The molecular weight excluding hydrogens is 426 g/mol. The van der Waals surface area contributed by atoms with Gasteiger partial charge in [-0.25, -0.2) is 4.98 Å². The fourth-order valence-corrected chi connectivity index (χ4v) is 4.69. The molecule has 34 heavy (non-hydrogen) atoms. The van der Waals surface area contributed by atoms with Gasteiger partial charge < -0.3 is 14.4 Å². The van der Waals surface area contributed by atoms with E-state index in [-0.39, 0.29) is 0 Å². The van der Waals surface area contributed by atoms with Crippen LogP contribution in [0.5, 0.6) is 11.5 Å². The third kappa shape index (κ3) is 4.19. The van der Waals surface area contributed by atoms with Crippen molar-refractivity contribution in [2.24, 2.45) is 0 Å². The summed E-state index contributed by atoms with van der Waals surface area (Å²) in [4.78, 5) is 9.77. The molecule has 4 aromatic rings. The van der Waals surface area contributed by atoms with E-state index in [2.05, 4.69) is 60.0 Å². The largest absolute Gasteiger partial charge is 0.493 e. The Morgan fingerprint density at radius 1 is 0.853 bits per heavy atom. The monoisotopic (exact) mass is 457 g/mol. The molecule has 0 unspecified atom stereocenters. The van der Waals surface area contributed by atoms with Crippen LogP contribution >= 0.6 is 0 Å². The molecule has 0 aliphatic carbocycles. The Morgan fingerprint density at radius 2 is 1.59 bits per heavy atom. The fourth-order valence-electron chi connectivity index (χ4n) is 4.69. The normalized spacial score (nSPS) is 14.5. The summed E-state index contributed by atoms with van der Waals surface area (Å²) in [5, 5.41) is 5.02. The Kier molecular flexibility index (Phi) is 6.11. The van der Waals surface area contributed by atoms with Crippen LogP contribution in [0.3, 0.4) is 0 Å². The Hall–Kier alpha value is -3.58. The number of fused-ring (bicyclic) bond motifs is 1. The van der Waals surface area contributed by atoms with Crippen LogP contribution in [-0.4, -0.2) is 59.9 Å². The van der Waals surface area contributed by atoms with Gasteiger partial charge in [0.15, 0.2) is 17.1 Å². The zero-order chi connectivity index (χ0) is 23.7. The number of anilines is 1. The van der Waals surface area contributed by atoms with E-state index in [1.165, 1.54) is 5.56 Å². The Balaban J connectivity index is 1.44. The number of nitrogens with zero attached hydrogens (tertiary/aromatic N) is 5. The van der Waals surface area contributed by atoms with Crippen LogP contribution in [0.2, 0.25) is 0 Å². The molecule has 0 saturated carbocycles. The van der Waals surface area contributed by atoms with Crippen LogP contribution in [0.4, 0.5) is 5.82 Å². The highest BCUT2D eigenvalue weighted by atomic mass is 16.5. The molecule has 0 spiro atoms. The average molecular weight is 458 g/mol. The van der Waals surface area contributed by atoms with Crippen molar-refractivity contribution in [3.8, 4) is 22.8 Å². The van der Waals surface area contributed by atoms with Gasteiger partial charge in [-0.15, -0.1) is 0 Å². The van der Waals surface area contributed by atoms with E-state index in [4.69, 9.17) is 19.6 Å².